The molecule has 1 aromatic rings. The third-order valence-corrected chi connectivity index (χ3v) is 3.62. The van der Waals surface area contributed by atoms with Gasteiger partial charge in [-0.25, -0.2) is 9.82 Å². The van der Waals surface area contributed by atoms with E-state index in [9.17, 15) is 4.39 Å². The summed E-state index contributed by atoms with van der Waals surface area (Å²) in [5.74, 6) is 5.57. The summed E-state index contributed by atoms with van der Waals surface area (Å²) in [5.41, 5.74) is 4.90. The summed E-state index contributed by atoms with van der Waals surface area (Å²) < 4.78 is 18.7. The highest BCUT2D eigenvalue weighted by Gasteiger charge is 2.17. The molecule has 3 N–H and O–H groups in total. The first-order valence-electron chi connectivity index (χ1n) is 6.74. The van der Waals surface area contributed by atoms with Gasteiger partial charge in [0.2, 0.25) is 0 Å². The first-order chi connectivity index (χ1) is 9.26. The Morgan fingerprint density at radius 3 is 2.84 bits per heavy atom. The van der Waals surface area contributed by atoms with Crippen LogP contribution in [0.3, 0.4) is 0 Å². The van der Waals surface area contributed by atoms with E-state index in [-0.39, 0.29) is 17.6 Å². The summed E-state index contributed by atoms with van der Waals surface area (Å²) in [6, 6.07) is 4.89. The van der Waals surface area contributed by atoms with E-state index in [0.717, 1.165) is 18.4 Å². The maximum Gasteiger partial charge on any atom is 0.165 e. The Morgan fingerprint density at radius 2 is 2.16 bits per heavy atom. The van der Waals surface area contributed by atoms with Crippen molar-refractivity contribution in [3.8, 4) is 5.75 Å². The van der Waals surface area contributed by atoms with Gasteiger partial charge in [-0.3, -0.25) is 5.84 Å². The molecule has 0 fully saturated rings. The SMILES string of the molecule is COc1ccc(C(NN)C2=CCCCCC2)cc1F. The highest BCUT2D eigenvalue weighted by molar-refractivity contribution is 5.35. The van der Waals surface area contributed by atoms with E-state index < -0.39 is 0 Å². The Labute approximate surface area is 113 Å². The molecule has 0 spiro atoms. The fraction of sp³-hybridized carbons (Fsp3) is 0.467. The number of hydrogen-bond donors (Lipinski definition) is 2. The molecule has 0 heterocycles. The lowest BCUT2D eigenvalue weighted by Gasteiger charge is -2.20. The van der Waals surface area contributed by atoms with Crippen LogP contribution in [-0.4, -0.2) is 7.11 Å². The van der Waals surface area contributed by atoms with Crippen molar-refractivity contribution in [2.75, 3.05) is 7.11 Å². The van der Waals surface area contributed by atoms with Crippen LogP contribution in [0.1, 0.15) is 43.7 Å². The number of allylic oxidation sites excluding steroid dienone is 1. The second-order valence-electron chi connectivity index (χ2n) is 4.87. The van der Waals surface area contributed by atoms with Gasteiger partial charge in [0, 0.05) is 0 Å². The fourth-order valence-electron chi connectivity index (χ4n) is 2.58. The molecule has 1 atom stereocenters. The molecule has 0 aromatic heterocycles. The minimum absolute atomic E-state index is 0.112. The number of hydrazine groups is 1. The van der Waals surface area contributed by atoms with Gasteiger partial charge in [0.05, 0.1) is 13.2 Å². The molecule has 0 amide bonds. The van der Waals surface area contributed by atoms with Crippen LogP contribution in [0.15, 0.2) is 29.8 Å². The highest BCUT2D eigenvalue weighted by Crippen LogP contribution is 2.30. The van der Waals surface area contributed by atoms with Crippen molar-refractivity contribution in [1.29, 1.82) is 0 Å². The maximum absolute atomic E-state index is 13.8. The van der Waals surface area contributed by atoms with Crippen molar-refractivity contribution in [1.82, 2.24) is 5.43 Å². The van der Waals surface area contributed by atoms with E-state index >= 15 is 0 Å². The molecule has 1 aliphatic rings. The van der Waals surface area contributed by atoms with Crippen molar-refractivity contribution in [2.45, 2.75) is 38.1 Å². The van der Waals surface area contributed by atoms with Gasteiger partial charge in [0.1, 0.15) is 0 Å². The first kappa shape index (κ1) is 14.0. The van der Waals surface area contributed by atoms with Crippen molar-refractivity contribution >= 4 is 0 Å². The van der Waals surface area contributed by atoms with Crippen molar-refractivity contribution < 1.29 is 9.13 Å². The normalized spacial score (nSPS) is 17.5. The molecule has 104 valence electrons. The molecule has 1 unspecified atom stereocenters. The van der Waals surface area contributed by atoms with E-state index in [4.69, 9.17) is 10.6 Å². The average Bonchev–Trinajstić information content (AvgIpc) is 2.69. The smallest absolute Gasteiger partial charge is 0.165 e. The lowest BCUT2D eigenvalue weighted by Crippen LogP contribution is -2.29. The van der Waals surface area contributed by atoms with Crippen LogP contribution < -0.4 is 16.0 Å². The molecule has 0 radical (unpaired) electrons. The van der Waals surface area contributed by atoms with Gasteiger partial charge < -0.3 is 4.74 Å². The second-order valence-corrected chi connectivity index (χ2v) is 4.87. The predicted octanol–water partition coefficient (Wildman–Crippen LogP) is 3.23. The molecular formula is C15H21FN2O. The van der Waals surface area contributed by atoms with Crippen molar-refractivity contribution in [2.24, 2.45) is 5.84 Å². The van der Waals surface area contributed by atoms with E-state index in [1.807, 2.05) is 6.07 Å². The van der Waals surface area contributed by atoms with Crippen molar-refractivity contribution in [3.63, 3.8) is 0 Å². The standard InChI is InChI=1S/C15H21FN2O/c1-19-14-9-8-12(10-13(14)16)15(18-17)11-6-4-2-3-5-7-11/h6,8-10,15,18H,2-5,7,17H2,1H3. The van der Waals surface area contributed by atoms with Crippen LogP contribution in [-0.2, 0) is 0 Å². The van der Waals surface area contributed by atoms with Gasteiger partial charge in [-0.05, 0) is 43.4 Å². The molecule has 3 nitrogen and oxygen atoms in total. The van der Waals surface area contributed by atoms with Crippen LogP contribution in [0.4, 0.5) is 4.39 Å². The lowest BCUT2D eigenvalue weighted by molar-refractivity contribution is 0.385. The number of halogens is 1. The fourth-order valence-corrected chi connectivity index (χ4v) is 2.58. The quantitative estimate of drug-likeness (QED) is 0.498. The third kappa shape index (κ3) is 3.33. The molecule has 4 heteroatoms. The summed E-state index contributed by atoms with van der Waals surface area (Å²) in [6.45, 7) is 0. The van der Waals surface area contributed by atoms with E-state index in [2.05, 4.69) is 11.5 Å². The second kappa shape index (κ2) is 6.68. The van der Waals surface area contributed by atoms with E-state index in [1.165, 1.54) is 38.0 Å². The zero-order valence-electron chi connectivity index (χ0n) is 11.3. The first-order valence-corrected chi connectivity index (χ1v) is 6.74. The Bertz CT molecular complexity index is 459. The Kier molecular flexibility index (Phi) is 4.93. The highest BCUT2D eigenvalue weighted by atomic mass is 19.1. The van der Waals surface area contributed by atoms with Crippen LogP contribution in [0.2, 0.25) is 0 Å². The predicted molar refractivity (Wildman–Crippen MR) is 74.2 cm³/mol. The summed E-state index contributed by atoms with van der Waals surface area (Å²) in [5, 5.41) is 0. The summed E-state index contributed by atoms with van der Waals surface area (Å²) in [7, 11) is 1.46. The molecule has 0 saturated heterocycles. The van der Waals surface area contributed by atoms with Crippen LogP contribution in [0, 0.1) is 5.82 Å². The monoisotopic (exact) mass is 264 g/mol. The Morgan fingerprint density at radius 1 is 1.32 bits per heavy atom. The zero-order chi connectivity index (χ0) is 13.7. The number of nitrogens with one attached hydrogen (secondary N) is 1. The minimum Gasteiger partial charge on any atom is -0.494 e. The van der Waals surface area contributed by atoms with Crippen LogP contribution in [0.25, 0.3) is 0 Å². The van der Waals surface area contributed by atoms with E-state index in [1.54, 1.807) is 6.07 Å². The number of ether oxygens (including phenoxy) is 1. The molecule has 0 aliphatic heterocycles. The van der Waals surface area contributed by atoms with Crippen LogP contribution in [0.5, 0.6) is 5.75 Å². The molecule has 1 aromatic carbocycles. The number of nitrogens with two attached hydrogens (primary N) is 1. The summed E-state index contributed by atoms with van der Waals surface area (Å²) in [6.07, 6.45) is 7.96. The molecule has 1 aliphatic carbocycles. The lowest BCUT2D eigenvalue weighted by atomic mass is 9.95. The van der Waals surface area contributed by atoms with Gasteiger partial charge >= 0.3 is 0 Å². The van der Waals surface area contributed by atoms with Gasteiger partial charge in [-0.1, -0.05) is 24.1 Å². The summed E-state index contributed by atoms with van der Waals surface area (Å²) in [4.78, 5) is 0. The van der Waals surface area contributed by atoms with E-state index in [0.29, 0.717) is 0 Å². The minimum atomic E-state index is -0.352. The van der Waals surface area contributed by atoms with Crippen molar-refractivity contribution in [3.05, 3.63) is 41.2 Å². The maximum atomic E-state index is 13.8. The number of hydrogen-bond acceptors (Lipinski definition) is 3. The Balaban J connectivity index is 2.25. The number of rotatable bonds is 4. The van der Waals surface area contributed by atoms with Gasteiger partial charge in [0.15, 0.2) is 11.6 Å². The molecule has 0 bridgehead atoms. The number of methoxy groups -OCH3 is 1. The molecule has 2 rings (SSSR count). The van der Waals surface area contributed by atoms with Gasteiger partial charge in [-0.2, -0.15) is 0 Å². The van der Waals surface area contributed by atoms with Crippen LogP contribution >= 0.6 is 0 Å². The largest absolute Gasteiger partial charge is 0.494 e. The zero-order valence-corrected chi connectivity index (χ0v) is 11.3. The summed E-state index contributed by atoms with van der Waals surface area (Å²) >= 11 is 0. The molecule has 19 heavy (non-hydrogen) atoms. The topological polar surface area (TPSA) is 47.3 Å². The molecular weight excluding hydrogens is 243 g/mol. The van der Waals surface area contributed by atoms with Gasteiger partial charge in [-0.15, -0.1) is 0 Å². The third-order valence-electron chi connectivity index (χ3n) is 3.62. The van der Waals surface area contributed by atoms with Gasteiger partial charge in [0.25, 0.3) is 0 Å². The number of benzene rings is 1. The Hall–Kier alpha value is -1.39. The molecule has 0 saturated carbocycles. The average molecular weight is 264 g/mol.